The van der Waals surface area contributed by atoms with Crippen molar-refractivity contribution >= 4 is 21.8 Å². The zero-order chi connectivity index (χ0) is 19.2. The van der Waals surface area contributed by atoms with Crippen molar-refractivity contribution < 1.29 is 18.7 Å². The van der Waals surface area contributed by atoms with Crippen LogP contribution >= 0.6 is 15.9 Å². The van der Waals surface area contributed by atoms with Crippen molar-refractivity contribution in [1.82, 2.24) is 5.32 Å². The maximum absolute atomic E-state index is 12.4. The number of hydrogen-bond donors (Lipinski definition) is 1. The summed E-state index contributed by atoms with van der Waals surface area (Å²) in [6.07, 6.45) is 0. The molecule has 6 heteroatoms. The molecule has 1 atom stereocenters. The van der Waals surface area contributed by atoms with Crippen LogP contribution in [0.2, 0.25) is 0 Å². The van der Waals surface area contributed by atoms with Crippen LogP contribution in [0.1, 0.15) is 34.8 Å². The van der Waals surface area contributed by atoms with E-state index in [2.05, 4.69) is 21.2 Å². The Morgan fingerprint density at radius 1 is 1.11 bits per heavy atom. The van der Waals surface area contributed by atoms with Gasteiger partial charge in [-0.25, -0.2) is 0 Å². The molecule has 0 aliphatic rings. The van der Waals surface area contributed by atoms with Gasteiger partial charge in [0.1, 0.15) is 12.4 Å². The summed E-state index contributed by atoms with van der Waals surface area (Å²) >= 11 is 3.44. The summed E-state index contributed by atoms with van der Waals surface area (Å²) in [5.41, 5.74) is 1.00. The Bertz CT molecular complexity index is 922. The number of hydrogen-bond acceptors (Lipinski definition) is 4. The summed E-state index contributed by atoms with van der Waals surface area (Å²) < 4.78 is 17.5. The molecule has 2 aromatic carbocycles. The average molecular weight is 430 g/mol. The van der Waals surface area contributed by atoms with Gasteiger partial charge in [-0.1, -0.05) is 40.2 Å². The maximum atomic E-state index is 12.4. The van der Waals surface area contributed by atoms with Crippen LogP contribution in [-0.2, 0) is 6.61 Å². The number of carbonyl (C=O) groups is 1. The second-order valence-corrected chi connectivity index (χ2v) is 6.87. The zero-order valence-electron chi connectivity index (χ0n) is 15.1. The molecule has 0 bridgehead atoms. The third kappa shape index (κ3) is 4.92. The Hall–Kier alpha value is -2.73. The molecule has 1 N–H and O–H groups in total. The van der Waals surface area contributed by atoms with E-state index in [1.54, 1.807) is 19.2 Å². The van der Waals surface area contributed by atoms with Crippen LogP contribution in [0.4, 0.5) is 0 Å². The number of benzene rings is 2. The molecular formula is C21H20BrNO4. The standard InChI is InChI=1S/C21H20BrNO4/c1-14(15-6-5-7-16(22)12-15)23-21(24)20-11-10-17(27-20)13-26-19-9-4-3-8-18(19)25-2/h3-12,14H,13H2,1-2H3,(H,23,24). The first-order chi connectivity index (χ1) is 13.1. The van der Waals surface area contributed by atoms with Gasteiger partial charge >= 0.3 is 0 Å². The number of nitrogens with one attached hydrogen (secondary N) is 1. The summed E-state index contributed by atoms with van der Waals surface area (Å²) in [6, 6.07) is 18.4. The molecule has 1 aromatic heterocycles. The van der Waals surface area contributed by atoms with Crippen LogP contribution in [0.25, 0.3) is 0 Å². The van der Waals surface area contributed by atoms with Gasteiger partial charge in [0.05, 0.1) is 13.2 Å². The molecule has 1 unspecified atom stereocenters. The van der Waals surface area contributed by atoms with Crippen LogP contribution in [0.3, 0.4) is 0 Å². The van der Waals surface area contributed by atoms with Crippen LogP contribution < -0.4 is 14.8 Å². The Kier molecular flexibility index (Phi) is 6.19. The highest BCUT2D eigenvalue weighted by Crippen LogP contribution is 2.27. The lowest BCUT2D eigenvalue weighted by molar-refractivity contribution is 0.0907. The Labute approximate surface area is 166 Å². The van der Waals surface area contributed by atoms with Gasteiger partial charge in [-0.15, -0.1) is 0 Å². The predicted octanol–water partition coefficient (Wildman–Crippen LogP) is 5.12. The monoisotopic (exact) mass is 429 g/mol. The number of carbonyl (C=O) groups excluding carboxylic acids is 1. The van der Waals surface area contributed by atoms with E-state index in [1.165, 1.54) is 0 Å². The first kappa shape index (κ1) is 19.0. The van der Waals surface area contributed by atoms with Crippen molar-refractivity contribution in [2.75, 3.05) is 7.11 Å². The molecule has 0 radical (unpaired) electrons. The van der Waals surface area contributed by atoms with Gasteiger partial charge in [0.25, 0.3) is 5.91 Å². The Balaban J connectivity index is 1.60. The fourth-order valence-electron chi connectivity index (χ4n) is 2.59. The quantitative estimate of drug-likeness (QED) is 0.565. The largest absolute Gasteiger partial charge is 0.493 e. The summed E-state index contributed by atoms with van der Waals surface area (Å²) in [4.78, 5) is 12.4. The number of ether oxygens (including phenoxy) is 2. The lowest BCUT2D eigenvalue weighted by atomic mass is 10.1. The highest BCUT2D eigenvalue weighted by molar-refractivity contribution is 9.10. The van der Waals surface area contributed by atoms with E-state index >= 15 is 0 Å². The SMILES string of the molecule is COc1ccccc1OCc1ccc(C(=O)NC(C)c2cccc(Br)c2)o1. The summed E-state index contributed by atoms with van der Waals surface area (Å²) in [5, 5.41) is 2.93. The van der Waals surface area contributed by atoms with E-state index in [4.69, 9.17) is 13.9 Å². The highest BCUT2D eigenvalue weighted by Gasteiger charge is 2.15. The van der Waals surface area contributed by atoms with Crippen molar-refractivity contribution in [3.8, 4) is 11.5 Å². The van der Waals surface area contributed by atoms with Gasteiger partial charge in [0.15, 0.2) is 17.3 Å². The van der Waals surface area contributed by atoms with Crippen molar-refractivity contribution in [2.24, 2.45) is 0 Å². The van der Waals surface area contributed by atoms with Gasteiger partial charge in [0.2, 0.25) is 0 Å². The maximum Gasteiger partial charge on any atom is 0.287 e. The lowest BCUT2D eigenvalue weighted by Gasteiger charge is -2.13. The molecular weight excluding hydrogens is 410 g/mol. The molecule has 1 amide bonds. The topological polar surface area (TPSA) is 60.7 Å². The molecule has 27 heavy (non-hydrogen) atoms. The molecule has 0 aliphatic carbocycles. The minimum atomic E-state index is -0.272. The molecule has 0 aliphatic heterocycles. The summed E-state index contributed by atoms with van der Waals surface area (Å²) in [6.45, 7) is 2.13. The van der Waals surface area contributed by atoms with Gasteiger partial charge in [-0.2, -0.15) is 0 Å². The highest BCUT2D eigenvalue weighted by atomic mass is 79.9. The minimum Gasteiger partial charge on any atom is -0.493 e. The fraction of sp³-hybridized carbons (Fsp3) is 0.190. The molecule has 0 spiro atoms. The first-order valence-corrected chi connectivity index (χ1v) is 9.27. The van der Waals surface area contributed by atoms with Crippen LogP contribution in [0.5, 0.6) is 11.5 Å². The van der Waals surface area contributed by atoms with Gasteiger partial charge in [-0.3, -0.25) is 4.79 Å². The van der Waals surface area contributed by atoms with E-state index in [0.717, 1.165) is 10.0 Å². The molecule has 0 fully saturated rings. The van der Waals surface area contributed by atoms with Gasteiger partial charge < -0.3 is 19.2 Å². The van der Waals surface area contributed by atoms with E-state index in [1.807, 2.05) is 55.5 Å². The van der Waals surface area contributed by atoms with Gasteiger partial charge in [-0.05, 0) is 48.9 Å². The van der Waals surface area contributed by atoms with Crippen LogP contribution in [0.15, 0.2) is 69.6 Å². The first-order valence-electron chi connectivity index (χ1n) is 8.47. The van der Waals surface area contributed by atoms with Crippen LogP contribution in [-0.4, -0.2) is 13.0 Å². The fourth-order valence-corrected chi connectivity index (χ4v) is 3.01. The van der Waals surface area contributed by atoms with Crippen LogP contribution in [0, 0.1) is 0 Å². The minimum absolute atomic E-state index is 0.145. The number of furan rings is 1. The van der Waals surface area contributed by atoms with Crippen molar-refractivity contribution in [1.29, 1.82) is 0 Å². The van der Waals surface area contributed by atoms with E-state index < -0.39 is 0 Å². The summed E-state index contributed by atoms with van der Waals surface area (Å²) in [7, 11) is 1.59. The van der Waals surface area contributed by atoms with E-state index in [9.17, 15) is 4.79 Å². The van der Waals surface area contributed by atoms with Gasteiger partial charge in [0, 0.05) is 4.47 Å². The van der Waals surface area contributed by atoms with Crippen molar-refractivity contribution in [3.63, 3.8) is 0 Å². The number of para-hydroxylation sites is 2. The number of amides is 1. The van der Waals surface area contributed by atoms with E-state index in [0.29, 0.717) is 17.3 Å². The smallest absolute Gasteiger partial charge is 0.287 e. The zero-order valence-corrected chi connectivity index (χ0v) is 16.7. The van der Waals surface area contributed by atoms with Crippen molar-refractivity contribution in [2.45, 2.75) is 19.6 Å². The number of rotatable bonds is 7. The molecule has 5 nitrogen and oxygen atoms in total. The predicted molar refractivity (Wildman–Crippen MR) is 106 cm³/mol. The third-order valence-electron chi connectivity index (χ3n) is 4.02. The Morgan fingerprint density at radius 3 is 2.63 bits per heavy atom. The molecule has 1 heterocycles. The summed E-state index contributed by atoms with van der Waals surface area (Å²) in [5.74, 6) is 1.79. The lowest BCUT2D eigenvalue weighted by Crippen LogP contribution is -2.26. The molecule has 3 aromatic rings. The second kappa shape index (κ2) is 8.77. The average Bonchev–Trinajstić information content (AvgIpc) is 3.15. The third-order valence-corrected chi connectivity index (χ3v) is 4.51. The second-order valence-electron chi connectivity index (χ2n) is 5.96. The Morgan fingerprint density at radius 2 is 1.89 bits per heavy atom. The normalized spacial score (nSPS) is 11.7. The molecule has 0 saturated carbocycles. The van der Waals surface area contributed by atoms with E-state index in [-0.39, 0.29) is 24.3 Å². The number of halogens is 1. The molecule has 0 saturated heterocycles. The molecule has 140 valence electrons. The number of methoxy groups -OCH3 is 1. The molecule has 3 rings (SSSR count). The van der Waals surface area contributed by atoms with Crippen molar-refractivity contribution in [3.05, 3.63) is 82.2 Å².